The van der Waals surface area contributed by atoms with E-state index < -0.39 is 17.3 Å². The van der Waals surface area contributed by atoms with Crippen LogP contribution in [0.3, 0.4) is 0 Å². The number of methoxy groups -OCH3 is 1. The summed E-state index contributed by atoms with van der Waals surface area (Å²) in [6, 6.07) is 10.7. The van der Waals surface area contributed by atoms with Gasteiger partial charge in [-0.05, 0) is 24.5 Å². The molecule has 1 N–H and O–H groups in total. The third kappa shape index (κ3) is 3.97. The van der Waals surface area contributed by atoms with Crippen molar-refractivity contribution in [1.82, 2.24) is 9.88 Å². The lowest BCUT2D eigenvalue weighted by Gasteiger charge is -2.51. The van der Waals surface area contributed by atoms with E-state index in [4.69, 9.17) is 9.47 Å². The quantitative estimate of drug-likeness (QED) is 0.841. The van der Waals surface area contributed by atoms with Crippen LogP contribution < -0.4 is 4.74 Å². The van der Waals surface area contributed by atoms with Gasteiger partial charge in [-0.2, -0.15) is 13.2 Å². The minimum atomic E-state index is -4.54. The van der Waals surface area contributed by atoms with Crippen molar-refractivity contribution < 1.29 is 27.8 Å². The Morgan fingerprint density at radius 1 is 1.21 bits per heavy atom. The summed E-state index contributed by atoms with van der Waals surface area (Å²) in [7, 11) is 1.34. The zero-order valence-corrected chi connectivity index (χ0v) is 16.0. The third-order valence-electron chi connectivity index (χ3n) is 5.79. The lowest BCUT2D eigenvalue weighted by Crippen LogP contribution is -2.60. The summed E-state index contributed by atoms with van der Waals surface area (Å²) in [6.07, 6.45) is -3.32. The topological polar surface area (TPSA) is 54.8 Å². The number of pyridine rings is 1. The lowest BCUT2D eigenvalue weighted by atomic mass is 9.76. The van der Waals surface area contributed by atoms with Gasteiger partial charge < -0.3 is 14.6 Å². The number of aliphatic hydroxyl groups is 1. The summed E-state index contributed by atoms with van der Waals surface area (Å²) in [6.45, 7) is 1.54. The van der Waals surface area contributed by atoms with Crippen molar-refractivity contribution in [1.29, 1.82) is 0 Å². The highest BCUT2D eigenvalue weighted by Gasteiger charge is 2.49. The Kier molecular flexibility index (Phi) is 5.27. The van der Waals surface area contributed by atoms with Gasteiger partial charge in [0.2, 0.25) is 5.88 Å². The Morgan fingerprint density at radius 3 is 2.45 bits per heavy atom. The molecule has 1 aromatic heterocycles. The van der Waals surface area contributed by atoms with Gasteiger partial charge in [-0.15, -0.1) is 0 Å². The number of fused-ring (bicyclic) bond motifs is 2. The maximum Gasteiger partial charge on any atom is 0.417 e. The first-order valence-electron chi connectivity index (χ1n) is 9.52. The van der Waals surface area contributed by atoms with Crippen LogP contribution in [0.15, 0.2) is 42.6 Å². The highest BCUT2D eigenvalue weighted by atomic mass is 19.4. The first kappa shape index (κ1) is 20.1. The van der Waals surface area contributed by atoms with E-state index in [-0.39, 0.29) is 36.4 Å². The van der Waals surface area contributed by atoms with E-state index in [1.54, 1.807) is 0 Å². The largest absolute Gasteiger partial charge is 0.481 e. The van der Waals surface area contributed by atoms with Crippen LogP contribution in [-0.2, 0) is 23.1 Å². The molecule has 0 radical (unpaired) electrons. The molecule has 2 aromatic rings. The molecule has 4 rings (SSSR count). The monoisotopic (exact) mass is 408 g/mol. The van der Waals surface area contributed by atoms with Crippen LogP contribution in [0.5, 0.6) is 5.88 Å². The predicted molar refractivity (Wildman–Crippen MR) is 99.3 cm³/mol. The van der Waals surface area contributed by atoms with E-state index in [9.17, 15) is 18.3 Å². The number of aromatic nitrogens is 1. The molecular formula is C21H23F3N2O3. The van der Waals surface area contributed by atoms with Gasteiger partial charge in [0.25, 0.3) is 0 Å². The van der Waals surface area contributed by atoms with Gasteiger partial charge in [-0.3, -0.25) is 4.90 Å². The van der Waals surface area contributed by atoms with E-state index in [2.05, 4.69) is 9.88 Å². The molecule has 2 fully saturated rings. The number of morpholine rings is 1. The van der Waals surface area contributed by atoms with Crippen LogP contribution in [0.25, 0.3) is 0 Å². The number of alkyl halides is 3. The van der Waals surface area contributed by atoms with Gasteiger partial charge in [-0.25, -0.2) is 4.98 Å². The minimum Gasteiger partial charge on any atom is -0.481 e. The molecule has 156 valence electrons. The van der Waals surface area contributed by atoms with Gasteiger partial charge in [-0.1, -0.05) is 30.3 Å². The summed E-state index contributed by atoms with van der Waals surface area (Å²) in [5, 5.41) is 11.5. The minimum absolute atomic E-state index is 0.0241. The van der Waals surface area contributed by atoms with Gasteiger partial charge in [0, 0.05) is 30.4 Å². The maximum atomic E-state index is 13.2. The number of piperidine rings is 1. The smallest absolute Gasteiger partial charge is 0.417 e. The number of benzene rings is 1. The Labute approximate surface area is 167 Å². The molecule has 0 amide bonds. The van der Waals surface area contributed by atoms with Crippen molar-refractivity contribution in [2.24, 2.45) is 0 Å². The van der Waals surface area contributed by atoms with E-state index in [0.29, 0.717) is 19.8 Å². The fraction of sp³-hybridized carbons (Fsp3) is 0.476. The normalized spacial score (nSPS) is 27.6. The van der Waals surface area contributed by atoms with Gasteiger partial charge in [0.1, 0.15) is 0 Å². The van der Waals surface area contributed by atoms with E-state index >= 15 is 0 Å². The molecule has 3 heterocycles. The van der Waals surface area contributed by atoms with Crippen molar-refractivity contribution in [3.05, 3.63) is 59.3 Å². The molecule has 29 heavy (non-hydrogen) atoms. The molecular weight excluding hydrogens is 385 g/mol. The fourth-order valence-electron chi connectivity index (χ4n) is 4.42. The third-order valence-corrected chi connectivity index (χ3v) is 5.79. The predicted octanol–water partition coefficient (Wildman–Crippen LogP) is 3.36. The molecule has 2 unspecified atom stereocenters. The van der Waals surface area contributed by atoms with Gasteiger partial charge in [0.15, 0.2) is 0 Å². The summed E-state index contributed by atoms with van der Waals surface area (Å²) >= 11 is 0. The summed E-state index contributed by atoms with van der Waals surface area (Å²) in [5.41, 5.74) is -1.12. The maximum absolute atomic E-state index is 13.2. The molecule has 5 nitrogen and oxygen atoms in total. The van der Waals surface area contributed by atoms with Crippen molar-refractivity contribution >= 4 is 0 Å². The molecule has 8 heteroatoms. The SMILES string of the molecule is COc1ncc(C(F)(F)F)cc1C1(O)CC2COCC(C1)N2Cc1ccccc1. The Balaban J connectivity index is 1.65. The second kappa shape index (κ2) is 7.59. The number of nitrogens with zero attached hydrogens (tertiary/aromatic N) is 2. The van der Waals surface area contributed by atoms with Crippen LogP contribution >= 0.6 is 0 Å². The molecule has 2 atom stereocenters. The second-order valence-electron chi connectivity index (χ2n) is 7.72. The molecule has 0 aliphatic carbocycles. The molecule has 2 saturated heterocycles. The van der Waals surface area contributed by atoms with Crippen LogP contribution in [0.2, 0.25) is 0 Å². The molecule has 2 aliphatic heterocycles. The van der Waals surface area contributed by atoms with Crippen LogP contribution in [0, 0.1) is 0 Å². The molecule has 1 aromatic carbocycles. The van der Waals surface area contributed by atoms with Crippen LogP contribution in [-0.4, -0.2) is 47.4 Å². The standard InChI is InChI=1S/C21H23F3N2O3/c1-28-19-18(7-15(10-25-19)21(22,23)24)20(27)8-16-12-29-13-17(9-20)26(16)11-14-5-3-2-4-6-14/h2-7,10,16-17,27H,8-9,11-13H2,1H3. The Morgan fingerprint density at radius 2 is 1.86 bits per heavy atom. The number of hydrogen-bond donors (Lipinski definition) is 1. The highest BCUT2D eigenvalue weighted by Crippen LogP contribution is 2.45. The summed E-state index contributed by atoms with van der Waals surface area (Å²) in [5.74, 6) is 0.0241. The van der Waals surface area contributed by atoms with Crippen LogP contribution in [0.1, 0.15) is 29.5 Å². The van der Waals surface area contributed by atoms with E-state index in [1.165, 1.54) is 7.11 Å². The molecule has 2 bridgehead atoms. The number of ether oxygens (including phenoxy) is 2. The highest BCUT2D eigenvalue weighted by molar-refractivity contribution is 5.37. The molecule has 0 saturated carbocycles. The van der Waals surface area contributed by atoms with Gasteiger partial charge in [0.05, 0.1) is 31.5 Å². The lowest BCUT2D eigenvalue weighted by molar-refractivity contribution is -0.151. The van der Waals surface area contributed by atoms with Crippen molar-refractivity contribution in [2.45, 2.75) is 43.2 Å². The van der Waals surface area contributed by atoms with E-state index in [1.807, 2.05) is 30.3 Å². The Bertz CT molecular complexity index is 846. The molecule has 0 spiro atoms. The first-order chi connectivity index (χ1) is 13.8. The average molecular weight is 408 g/mol. The van der Waals surface area contributed by atoms with Crippen molar-refractivity contribution in [2.75, 3.05) is 20.3 Å². The zero-order chi connectivity index (χ0) is 20.6. The van der Waals surface area contributed by atoms with Crippen molar-refractivity contribution in [3.8, 4) is 5.88 Å². The van der Waals surface area contributed by atoms with Crippen LogP contribution in [0.4, 0.5) is 13.2 Å². The summed E-state index contributed by atoms with van der Waals surface area (Å²) < 4.78 is 50.6. The number of hydrogen-bond acceptors (Lipinski definition) is 5. The zero-order valence-electron chi connectivity index (χ0n) is 16.0. The Hall–Kier alpha value is -2.16. The molecule has 2 aliphatic rings. The van der Waals surface area contributed by atoms with Gasteiger partial charge >= 0.3 is 6.18 Å². The number of rotatable bonds is 4. The average Bonchev–Trinajstić information content (AvgIpc) is 2.68. The van der Waals surface area contributed by atoms with Crippen molar-refractivity contribution in [3.63, 3.8) is 0 Å². The second-order valence-corrected chi connectivity index (χ2v) is 7.72. The number of halogens is 3. The van der Waals surface area contributed by atoms with E-state index in [0.717, 1.165) is 17.8 Å². The fourth-order valence-corrected chi connectivity index (χ4v) is 4.42. The first-order valence-corrected chi connectivity index (χ1v) is 9.52. The summed E-state index contributed by atoms with van der Waals surface area (Å²) in [4.78, 5) is 6.10.